The van der Waals surface area contributed by atoms with Gasteiger partial charge < -0.3 is 0 Å². The first-order valence-electron chi connectivity index (χ1n) is 12.1. The zero-order valence-electron chi connectivity index (χ0n) is 19.8. The molecule has 0 unspecified atom stereocenters. The first kappa shape index (κ1) is 28.1. The van der Waals surface area contributed by atoms with Crippen molar-refractivity contribution in [3.63, 3.8) is 0 Å². The molecule has 0 spiro atoms. The van der Waals surface area contributed by atoms with Crippen molar-refractivity contribution in [1.29, 1.82) is 0 Å². The summed E-state index contributed by atoms with van der Waals surface area (Å²) in [4.78, 5) is 0. The molecular formula is C14H40B12S-. The molecule has 0 N–H and O–H groups in total. The van der Waals surface area contributed by atoms with E-state index in [4.69, 9.17) is 7.74 Å². The Morgan fingerprint density at radius 3 is 1.41 bits per heavy atom. The molecule has 0 amide bonds. The Morgan fingerprint density at radius 1 is 0.704 bits per heavy atom. The van der Waals surface area contributed by atoms with Gasteiger partial charge in [0.25, 0.3) is 0 Å². The fourth-order valence-electron chi connectivity index (χ4n) is 4.04. The van der Waals surface area contributed by atoms with E-state index >= 15 is 0 Å². The molecular weight excluding hydrogens is 320 g/mol. The van der Waals surface area contributed by atoms with Crippen molar-refractivity contribution < 1.29 is 0 Å². The minimum atomic E-state index is -0.811. The molecule has 0 bridgehead atoms. The van der Waals surface area contributed by atoms with Gasteiger partial charge >= 0.3 is 163 Å². The first-order chi connectivity index (χ1) is 12.9. The molecule has 0 aliphatic rings. The van der Waals surface area contributed by atoms with E-state index in [1.807, 2.05) is 0 Å². The van der Waals surface area contributed by atoms with Crippen molar-refractivity contribution in [3.05, 3.63) is 0 Å². The quantitative estimate of drug-likeness (QED) is 0.216. The Labute approximate surface area is 182 Å². The van der Waals surface area contributed by atoms with Crippen LogP contribution in [0.1, 0.15) is 84.0 Å². The van der Waals surface area contributed by atoms with Gasteiger partial charge in [-0.05, 0) is 0 Å². The third-order valence-electron chi connectivity index (χ3n) is 5.48. The molecule has 0 nitrogen and oxygen atoms in total. The van der Waals surface area contributed by atoms with Gasteiger partial charge in [0, 0.05) is 0 Å². The Hall–Kier alpha value is 1.13. The van der Waals surface area contributed by atoms with Gasteiger partial charge in [-0.1, -0.05) is 19.8 Å². The fraction of sp³-hybridized carbons (Fsp3) is 1.00. The van der Waals surface area contributed by atoms with Crippen molar-refractivity contribution in [1.82, 2.24) is 0 Å². The maximum atomic E-state index is 6.13. The first-order valence-corrected chi connectivity index (χ1v) is 14.1. The zero-order chi connectivity index (χ0) is 20.5. The molecule has 0 aromatic rings. The summed E-state index contributed by atoms with van der Waals surface area (Å²) in [7, 11) is 17.9. The van der Waals surface area contributed by atoms with Gasteiger partial charge in [-0.15, -0.1) is 0 Å². The standard InChI is InChI=1S/C14H40B12S/c1-2-3-4-5-6-7-8-9-10-11-12-13-14-27(22-24(16)17,23-25(18)19)26(20)21-15/h21H,2-14,16-20H2,1H3/q-1/i15-1,16-1,17-1,18-1,19-1,20-1,21-1,22-1,23-1,24-1,25-1,26-1. The molecule has 0 rings (SSSR count). The van der Waals surface area contributed by atoms with Gasteiger partial charge in [0.1, 0.15) is 0 Å². The average molecular weight is 361 g/mol. The van der Waals surface area contributed by atoms with E-state index in [2.05, 4.69) is 57.7 Å². The fourth-order valence-corrected chi connectivity index (χ4v) is 8.43. The molecule has 0 fully saturated rings. The van der Waals surface area contributed by atoms with E-state index in [1.54, 1.807) is 0 Å². The molecule has 139 valence electrons. The predicted molar refractivity (Wildman–Crippen MR) is 158 cm³/mol. The number of rotatable bonds is 17. The SMILES string of the molecule is [10B-][10BH][10B]([10BH2])S(=[10B][10B]([10BH2])[10BH2])(=[10B][10B]([10BH2])[10BH2])CCCCCCCCCCCCCC. The molecule has 0 aromatic carbocycles. The molecule has 0 aliphatic heterocycles. The van der Waals surface area contributed by atoms with Gasteiger partial charge in [0.05, 0.1) is 0 Å². The average Bonchev–Trinajstić information content (AvgIpc) is 2.60. The molecule has 0 aromatic heterocycles. The van der Waals surface area contributed by atoms with Crippen LogP contribution in [0.2, 0.25) is 0 Å². The van der Waals surface area contributed by atoms with E-state index in [0.717, 1.165) is 7.06 Å². The van der Waals surface area contributed by atoms with Crippen LogP contribution in [-0.2, 0) is 0 Å². The Balaban J connectivity index is 4.22. The normalized spacial score (nSPS) is 10.7. The Bertz CT molecular complexity index is 441. The van der Waals surface area contributed by atoms with Crippen LogP contribution in [0, 0.1) is 0 Å². The van der Waals surface area contributed by atoms with Crippen LogP contribution in [-0.4, -0.2) is 89.9 Å². The van der Waals surface area contributed by atoms with Crippen molar-refractivity contribution in [3.8, 4) is 0 Å². The van der Waals surface area contributed by atoms with Crippen molar-refractivity contribution >= 4 is 92.9 Å². The Morgan fingerprint density at radius 2 is 1.07 bits per heavy atom. The van der Waals surface area contributed by atoms with E-state index < -0.39 is 8.73 Å². The Kier molecular flexibility index (Phi) is 18.7. The number of hydrogen-bond acceptors (Lipinski definition) is 0. The summed E-state index contributed by atoms with van der Waals surface area (Å²) in [5, 5.41) is 0. The minimum absolute atomic E-state index is 0.620. The summed E-state index contributed by atoms with van der Waals surface area (Å²) in [5.41, 5.74) is 0. The molecule has 0 saturated carbocycles. The molecule has 0 heterocycles. The molecule has 27 heavy (non-hydrogen) atoms. The van der Waals surface area contributed by atoms with Gasteiger partial charge in [-0.25, -0.2) is 0 Å². The molecule has 3 radical (unpaired) electrons. The summed E-state index contributed by atoms with van der Waals surface area (Å²) in [5.74, 6) is 1.98. The summed E-state index contributed by atoms with van der Waals surface area (Å²) in [6.07, 6.45) is 18.4. The van der Waals surface area contributed by atoms with Gasteiger partial charge in [-0.2, -0.15) is 0 Å². The van der Waals surface area contributed by atoms with Crippen molar-refractivity contribution in [2.45, 2.75) is 84.0 Å². The van der Waals surface area contributed by atoms with Crippen LogP contribution in [0.25, 0.3) is 0 Å². The minimum Gasteiger partial charge on any atom is -0.0654 e. The topological polar surface area (TPSA) is 0 Å². The number of hydrogen-bond donors (Lipinski definition) is 0. The third kappa shape index (κ3) is 14.7. The van der Waals surface area contributed by atoms with Crippen LogP contribution in [0.4, 0.5) is 0 Å². The predicted octanol–water partition coefficient (Wildman–Crippen LogP) is -1.63. The van der Waals surface area contributed by atoms with Crippen LogP contribution in [0.3, 0.4) is 0 Å². The summed E-state index contributed by atoms with van der Waals surface area (Å²) < 4.78 is 0. The molecule has 0 aliphatic carbocycles. The van der Waals surface area contributed by atoms with Gasteiger partial charge in [-0.3, -0.25) is 0 Å². The van der Waals surface area contributed by atoms with Crippen molar-refractivity contribution in [2.75, 3.05) is 5.75 Å². The van der Waals surface area contributed by atoms with Crippen molar-refractivity contribution in [2.24, 2.45) is 0 Å². The van der Waals surface area contributed by atoms with E-state index in [1.165, 1.54) is 82.8 Å². The van der Waals surface area contributed by atoms with Gasteiger partial charge in [0.15, 0.2) is 0 Å². The van der Waals surface area contributed by atoms with Crippen LogP contribution in [0.15, 0.2) is 0 Å². The summed E-state index contributed by atoms with van der Waals surface area (Å²) >= 11 is 0. The molecule has 0 saturated heterocycles. The van der Waals surface area contributed by atoms with E-state index in [-0.39, 0.29) is 0 Å². The second-order valence-corrected chi connectivity index (χ2v) is 12.9. The smallest absolute Gasteiger partial charge is 0.0654 e. The maximum absolute atomic E-state index is 6.13. The second kappa shape index (κ2) is 17.9. The monoisotopic (exact) mass is 360 g/mol. The molecule has 13 heteroatoms. The van der Waals surface area contributed by atoms with Crippen LogP contribution in [0.5, 0.6) is 0 Å². The van der Waals surface area contributed by atoms with E-state index in [0.29, 0.717) is 18.5 Å². The third-order valence-corrected chi connectivity index (χ3v) is 10.3. The van der Waals surface area contributed by atoms with Crippen LogP contribution >= 0.6 is 8.73 Å². The van der Waals surface area contributed by atoms with E-state index in [9.17, 15) is 0 Å². The molecule has 0 atom stereocenters. The number of unbranched alkanes of at least 4 members (excludes halogenated alkanes) is 11. The summed E-state index contributed by atoms with van der Waals surface area (Å²) in [6.45, 7) is 2.30. The second-order valence-electron chi connectivity index (χ2n) is 9.31. The summed E-state index contributed by atoms with van der Waals surface area (Å²) in [6, 6.07) is 5.34. The van der Waals surface area contributed by atoms with Crippen LogP contribution < -0.4 is 0 Å². The van der Waals surface area contributed by atoms with Gasteiger partial charge in [0.2, 0.25) is 0 Å². The zero-order valence-corrected chi connectivity index (χ0v) is 20.6.